The van der Waals surface area contributed by atoms with Crippen LogP contribution in [0.1, 0.15) is 9.67 Å². The molecular formula is C14H8BrFN2OS2. The Morgan fingerprint density at radius 2 is 2.19 bits per heavy atom. The van der Waals surface area contributed by atoms with Gasteiger partial charge in [-0.15, -0.1) is 11.3 Å². The summed E-state index contributed by atoms with van der Waals surface area (Å²) in [5.74, 6) is -0.626. The van der Waals surface area contributed by atoms with Gasteiger partial charge in [0.1, 0.15) is 15.7 Å². The smallest absolute Gasteiger partial charge is 0.267 e. The number of halogens is 2. The van der Waals surface area contributed by atoms with E-state index in [-0.39, 0.29) is 11.7 Å². The van der Waals surface area contributed by atoms with Crippen LogP contribution in [0.2, 0.25) is 0 Å². The van der Waals surface area contributed by atoms with Gasteiger partial charge < -0.3 is 5.32 Å². The van der Waals surface area contributed by atoms with Crippen LogP contribution in [0.25, 0.3) is 10.6 Å². The van der Waals surface area contributed by atoms with Gasteiger partial charge in [-0.3, -0.25) is 4.79 Å². The van der Waals surface area contributed by atoms with Gasteiger partial charge in [-0.1, -0.05) is 0 Å². The molecule has 0 saturated carbocycles. The molecule has 2 aromatic heterocycles. The van der Waals surface area contributed by atoms with Crippen LogP contribution in [0.3, 0.4) is 0 Å². The Kier molecular flexibility index (Phi) is 4.14. The number of hydrogen-bond acceptors (Lipinski definition) is 4. The molecular weight excluding hydrogens is 375 g/mol. The maximum atomic E-state index is 13.0. The van der Waals surface area contributed by atoms with Crippen molar-refractivity contribution in [3.63, 3.8) is 0 Å². The number of aromatic nitrogens is 1. The minimum atomic E-state index is -0.364. The summed E-state index contributed by atoms with van der Waals surface area (Å²) in [6.07, 6.45) is 1.55. The number of benzene rings is 1. The summed E-state index contributed by atoms with van der Waals surface area (Å²) in [7, 11) is 0. The number of thiazole rings is 1. The Morgan fingerprint density at radius 1 is 1.33 bits per heavy atom. The monoisotopic (exact) mass is 382 g/mol. The standard InChI is InChI=1S/C14H8BrFN2OS2/c15-10-5-9(16)1-2-11(10)18-13(19)12-6-17-14(21-12)8-3-4-20-7-8/h1-7H,(H,18,19). The molecule has 0 saturated heterocycles. The molecule has 7 heteroatoms. The van der Waals surface area contributed by atoms with Crippen molar-refractivity contribution in [1.29, 1.82) is 0 Å². The van der Waals surface area contributed by atoms with E-state index in [2.05, 4.69) is 26.2 Å². The summed E-state index contributed by atoms with van der Waals surface area (Å²) in [6, 6.07) is 6.07. The van der Waals surface area contributed by atoms with Crippen LogP contribution < -0.4 is 5.32 Å². The summed E-state index contributed by atoms with van der Waals surface area (Å²) in [5, 5.41) is 7.49. The van der Waals surface area contributed by atoms with Crippen molar-refractivity contribution in [3.05, 3.63) is 56.4 Å². The molecule has 0 atom stereocenters. The number of anilines is 1. The third-order valence-electron chi connectivity index (χ3n) is 2.68. The van der Waals surface area contributed by atoms with Crippen molar-refractivity contribution in [2.24, 2.45) is 0 Å². The fraction of sp³-hybridized carbons (Fsp3) is 0. The molecule has 3 rings (SSSR count). The highest BCUT2D eigenvalue weighted by atomic mass is 79.9. The highest BCUT2D eigenvalue weighted by Gasteiger charge is 2.13. The third-order valence-corrected chi connectivity index (χ3v) is 5.06. The molecule has 0 aliphatic rings. The summed E-state index contributed by atoms with van der Waals surface area (Å²) in [5.41, 5.74) is 1.53. The molecule has 1 aromatic carbocycles. The first-order chi connectivity index (χ1) is 10.1. The van der Waals surface area contributed by atoms with E-state index >= 15 is 0 Å². The predicted octanol–water partition coefficient (Wildman–Crippen LogP) is 5.03. The van der Waals surface area contributed by atoms with E-state index in [4.69, 9.17) is 0 Å². The molecule has 1 amide bonds. The zero-order chi connectivity index (χ0) is 14.8. The first kappa shape index (κ1) is 14.4. The van der Waals surface area contributed by atoms with Crippen LogP contribution in [0.15, 0.2) is 45.7 Å². The fourth-order valence-corrected chi connectivity index (χ4v) is 3.65. The normalized spacial score (nSPS) is 10.6. The number of thiophene rings is 1. The van der Waals surface area contributed by atoms with Gasteiger partial charge in [-0.25, -0.2) is 9.37 Å². The quantitative estimate of drug-likeness (QED) is 0.690. The zero-order valence-corrected chi connectivity index (χ0v) is 13.7. The summed E-state index contributed by atoms with van der Waals surface area (Å²) in [4.78, 5) is 16.9. The van der Waals surface area contributed by atoms with Crippen molar-refractivity contribution in [3.8, 4) is 10.6 Å². The second-order valence-electron chi connectivity index (χ2n) is 4.12. The number of carbonyl (C=O) groups excluding carboxylic acids is 1. The number of hydrogen-bond donors (Lipinski definition) is 1. The molecule has 1 N–H and O–H groups in total. The summed E-state index contributed by atoms with van der Waals surface area (Å²) in [6.45, 7) is 0. The lowest BCUT2D eigenvalue weighted by Crippen LogP contribution is -2.10. The van der Waals surface area contributed by atoms with Crippen molar-refractivity contribution < 1.29 is 9.18 Å². The first-order valence-corrected chi connectivity index (χ1v) is 8.43. The van der Waals surface area contributed by atoms with Crippen LogP contribution in [-0.2, 0) is 0 Å². The van der Waals surface area contributed by atoms with E-state index in [1.54, 1.807) is 17.5 Å². The summed E-state index contributed by atoms with van der Waals surface area (Å²) < 4.78 is 13.5. The topological polar surface area (TPSA) is 42.0 Å². The molecule has 0 aliphatic carbocycles. The fourth-order valence-electron chi connectivity index (χ4n) is 1.67. The van der Waals surface area contributed by atoms with Gasteiger partial charge >= 0.3 is 0 Å². The highest BCUT2D eigenvalue weighted by molar-refractivity contribution is 9.10. The number of rotatable bonds is 3. The number of nitrogens with zero attached hydrogens (tertiary/aromatic N) is 1. The second kappa shape index (κ2) is 6.05. The van der Waals surface area contributed by atoms with E-state index in [0.717, 1.165) is 10.6 Å². The molecule has 2 heterocycles. The van der Waals surface area contributed by atoms with Gasteiger partial charge in [0, 0.05) is 15.4 Å². The van der Waals surface area contributed by atoms with E-state index in [9.17, 15) is 9.18 Å². The van der Waals surface area contributed by atoms with Crippen molar-refractivity contribution >= 4 is 50.2 Å². The lowest BCUT2D eigenvalue weighted by Gasteiger charge is -2.05. The lowest BCUT2D eigenvalue weighted by atomic mass is 10.3. The van der Waals surface area contributed by atoms with Gasteiger partial charge in [-0.2, -0.15) is 11.3 Å². The van der Waals surface area contributed by atoms with Crippen molar-refractivity contribution in [2.45, 2.75) is 0 Å². The van der Waals surface area contributed by atoms with E-state index < -0.39 is 0 Å². The van der Waals surface area contributed by atoms with Crippen molar-refractivity contribution in [1.82, 2.24) is 4.98 Å². The largest absolute Gasteiger partial charge is 0.320 e. The molecule has 0 spiro atoms. The van der Waals surface area contributed by atoms with E-state index in [1.807, 2.05) is 16.8 Å². The molecule has 3 nitrogen and oxygen atoms in total. The molecule has 106 valence electrons. The molecule has 0 fully saturated rings. The minimum absolute atomic E-state index is 0.263. The van der Waals surface area contributed by atoms with Crippen LogP contribution in [0.5, 0.6) is 0 Å². The molecule has 21 heavy (non-hydrogen) atoms. The molecule has 0 bridgehead atoms. The average molecular weight is 383 g/mol. The number of nitrogens with one attached hydrogen (secondary N) is 1. The number of carbonyl (C=O) groups is 1. The first-order valence-electron chi connectivity index (χ1n) is 5.88. The average Bonchev–Trinajstić information content (AvgIpc) is 3.10. The van der Waals surface area contributed by atoms with Crippen LogP contribution >= 0.6 is 38.6 Å². The SMILES string of the molecule is O=C(Nc1ccc(F)cc1Br)c1cnc(-c2ccsc2)s1. The van der Waals surface area contributed by atoms with E-state index in [0.29, 0.717) is 15.0 Å². The Bertz CT molecular complexity index is 786. The zero-order valence-electron chi connectivity index (χ0n) is 10.5. The third kappa shape index (κ3) is 3.20. The van der Waals surface area contributed by atoms with Crippen molar-refractivity contribution in [2.75, 3.05) is 5.32 Å². The van der Waals surface area contributed by atoms with E-state index in [1.165, 1.54) is 29.5 Å². The molecule has 0 unspecified atom stereocenters. The predicted molar refractivity (Wildman–Crippen MR) is 87.5 cm³/mol. The van der Waals surface area contributed by atoms with Crippen LogP contribution in [0.4, 0.5) is 10.1 Å². The highest BCUT2D eigenvalue weighted by Crippen LogP contribution is 2.28. The van der Waals surface area contributed by atoms with Crippen LogP contribution in [0, 0.1) is 5.82 Å². The lowest BCUT2D eigenvalue weighted by molar-refractivity contribution is 0.103. The Balaban J connectivity index is 1.79. The van der Waals surface area contributed by atoms with Gasteiger partial charge in [0.2, 0.25) is 0 Å². The van der Waals surface area contributed by atoms with Gasteiger partial charge in [0.15, 0.2) is 0 Å². The maximum absolute atomic E-state index is 13.0. The molecule has 3 aromatic rings. The Morgan fingerprint density at radius 3 is 2.90 bits per heavy atom. The molecule has 0 aliphatic heterocycles. The Labute approximate surface area is 136 Å². The van der Waals surface area contributed by atoms with Gasteiger partial charge in [-0.05, 0) is 45.6 Å². The second-order valence-corrected chi connectivity index (χ2v) is 6.79. The maximum Gasteiger partial charge on any atom is 0.267 e. The van der Waals surface area contributed by atoms with Gasteiger partial charge in [0.25, 0.3) is 5.91 Å². The number of amides is 1. The van der Waals surface area contributed by atoms with Gasteiger partial charge in [0.05, 0.1) is 11.9 Å². The minimum Gasteiger partial charge on any atom is -0.320 e. The summed E-state index contributed by atoms with van der Waals surface area (Å²) >= 11 is 6.12. The Hall–Kier alpha value is -1.57. The van der Waals surface area contributed by atoms with Crippen LogP contribution in [-0.4, -0.2) is 10.9 Å². The molecule has 0 radical (unpaired) electrons.